The van der Waals surface area contributed by atoms with Crippen molar-refractivity contribution < 1.29 is 9.90 Å². The van der Waals surface area contributed by atoms with Crippen LogP contribution in [0.3, 0.4) is 0 Å². The second-order valence-corrected chi connectivity index (χ2v) is 6.34. The summed E-state index contributed by atoms with van der Waals surface area (Å²) >= 11 is 1.58. The summed E-state index contributed by atoms with van der Waals surface area (Å²) in [6.45, 7) is 8.24. The van der Waals surface area contributed by atoms with E-state index in [0.717, 1.165) is 4.90 Å². The fourth-order valence-corrected chi connectivity index (χ4v) is 2.65. The van der Waals surface area contributed by atoms with Gasteiger partial charge in [-0.3, -0.25) is 4.79 Å². The lowest BCUT2D eigenvalue weighted by atomic mass is 10.0. The second-order valence-electron chi connectivity index (χ2n) is 5.25. The van der Waals surface area contributed by atoms with Gasteiger partial charge < -0.3 is 10.4 Å². The maximum Gasteiger partial charge on any atom is 0.321 e. The first kappa shape index (κ1) is 16.1. The quantitative estimate of drug-likeness (QED) is 0.753. The van der Waals surface area contributed by atoms with Gasteiger partial charge in [0, 0.05) is 16.7 Å². The molecule has 0 spiro atoms. The normalized spacial score (nSPS) is 12.9. The molecule has 19 heavy (non-hydrogen) atoms. The molecule has 2 N–H and O–H groups in total. The number of carboxylic acids is 1. The third kappa shape index (κ3) is 5.66. The van der Waals surface area contributed by atoms with E-state index in [1.54, 1.807) is 11.8 Å². The van der Waals surface area contributed by atoms with E-state index in [1.165, 1.54) is 5.56 Å². The first-order valence-corrected chi connectivity index (χ1v) is 7.60. The number of carbonyl (C=O) groups is 1. The molecule has 0 bridgehead atoms. The summed E-state index contributed by atoms with van der Waals surface area (Å²) in [5, 5.41) is 12.2. The third-order valence-electron chi connectivity index (χ3n) is 2.80. The highest BCUT2D eigenvalue weighted by Crippen LogP contribution is 2.22. The van der Waals surface area contributed by atoms with Crippen molar-refractivity contribution in [3.8, 4) is 0 Å². The van der Waals surface area contributed by atoms with E-state index in [4.69, 9.17) is 5.11 Å². The maximum atomic E-state index is 11.1. The van der Waals surface area contributed by atoms with Gasteiger partial charge in [-0.05, 0) is 23.6 Å². The summed E-state index contributed by atoms with van der Waals surface area (Å²) < 4.78 is 0. The van der Waals surface area contributed by atoms with Crippen LogP contribution >= 0.6 is 11.8 Å². The van der Waals surface area contributed by atoms with Crippen LogP contribution in [-0.2, 0) is 4.79 Å². The summed E-state index contributed by atoms with van der Waals surface area (Å²) in [6.07, 6.45) is 0. The number of benzene rings is 1. The van der Waals surface area contributed by atoms with Gasteiger partial charge in [0.2, 0.25) is 0 Å². The summed E-state index contributed by atoms with van der Waals surface area (Å²) in [5.41, 5.74) is 1.31. The molecule has 0 saturated heterocycles. The second kappa shape index (κ2) is 7.56. The van der Waals surface area contributed by atoms with Gasteiger partial charge in [-0.15, -0.1) is 11.8 Å². The number of aliphatic carboxylic acids is 1. The SMILES string of the molecule is CC(C)NC(CSc1ccc(C(C)C)cc1)C(=O)O. The maximum absolute atomic E-state index is 11.1. The molecule has 0 saturated carbocycles. The number of carboxylic acid groups (broad SMARTS) is 1. The van der Waals surface area contributed by atoms with Crippen molar-refractivity contribution in [3.63, 3.8) is 0 Å². The summed E-state index contributed by atoms with van der Waals surface area (Å²) in [5.74, 6) is 0.266. The van der Waals surface area contributed by atoms with Crippen LogP contribution in [0, 0.1) is 0 Å². The molecule has 0 radical (unpaired) electrons. The fourth-order valence-electron chi connectivity index (χ4n) is 1.72. The van der Waals surface area contributed by atoms with Crippen LogP contribution < -0.4 is 5.32 Å². The minimum atomic E-state index is -0.792. The van der Waals surface area contributed by atoms with Crippen LogP contribution in [0.4, 0.5) is 0 Å². The van der Waals surface area contributed by atoms with Crippen molar-refractivity contribution in [1.29, 1.82) is 0 Å². The Bertz CT molecular complexity index is 401. The average Bonchev–Trinajstić information content (AvgIpc) is 2.34. The van der Waals surface area contributed by atoms with Crippen LogP contribution in [0.5, 0.6) is 0 Å². The molecule has 1 atom stereocenters. The van der Waals surface area contributed by atoms with Crippen molar-refractivity contribution in [2.45, 2.75) is 50.6 Å². The Morgan fingerprint density at radius 3 is 2.21 bits per heavy atom. The summed E-state index contributed by atoms with van der Waals surface area (Å²) in [6, 6.07) is 8.01. The van der Waals surface area contributed by atoms with Crippen LogP contribution in [0.1, 0.15) is 39.2 Å². The molecule has 0 heterocycles. The van der Waals surface area contributed by atoms with Crippen molar-refractivity contribution in [1.82, 2.24) is 5.32 Å². The minimum Gasteiger partial charge on any atom is -0.480 e. The van der Waals surface area contributed by atoms with Crippen molar-refractivity contribution in [3.05, 3.63) is 29.8 Å². The Labute approximate surface area is 119 Å². The summed E-state index contributed by atoms with van der Waals surface area (Å²) in [7, 11) is 0. The van der Waals surface area contributed by atoms with Crippen LogP contribution in [0.2, 0.25) is 0 Å². The molecular formula is C15H23NO2S. The number of hydrogen-bond donors (Lipinski definition) is 2. The number of rotatable bonds is 7. The molecule has 0 fully saturated rings. The van der Waals surface area contributed by atoms with E-state index in [-0.39, 0.29) is 6.04 Å². The predicted octanol–water partition coefficient (Wildman–Crippen LogP) is 3.35. The first-order chi connectivity index (χ1) is 8.90. The van der Waals surface area contributed by atoms with E-state index >= 15 is 0 Å². The van der Waals surface area contributed by atoms with Gasteiger partial charge >= 0.3 is 5.97 Å². The molecule has 0 amide bonds. The molecule has 0 aliphatic rings. The van der Waals surface area contributed by atoms with E-state index in [0.29, 0.717) is 11.7 Å². The molecular weight excluding hydrogens is 258 g/mol. The zero-order valence-corrected chi connectivity index (χ0v) is 12.8. The zero-order chi connectivity index (χ0) is 14.4. The Morgan fingerprint density at radius 2 is 1.79 bits per heavy atom. The average molecular weight is 281 g/mol. The number of thioether (sulfide) groups is 1. The molecule has 0 aromatic heterocycles. The lowest BCUT2D eigenvalue weighted by Gasteiger charge is -2.17. The summed E-state index contributed by atoms with van der Waals surface area (Å²) in [4.78, 5) is 12.2. The van der Waals surface area contributed by atoms with E-state index < -0.39 is 12.0 Å². The monoisotopic (exact) mass is 281 g/mol. The molecule has 1 aromatic rings. The smallest absolute Gasteiger partial charge is 0.321 e. The van der Waals surface area contributed by atoms with Crippen molar-refractivity contribution in [2.75, 3.05) is 5.75 Å². The van der Waals surface area contributed by atoms with Crippen molar-refractivity contribution >= 4 is 17.7 Å². The van der Waals surface area contributed by atoms with E-state index in [1.807, 2.05) is 13.8 Å². The Hall–Kier alpha value is -1.00. The largest absolute Gasteiger partial charge is 0.480 e. The molecule has 3 nitrogen and oxygen atoms in total. The molecule has 1 unspecified atom stereocenters. The third-order valence-corrected chi connectivity index (χ3v) is 3.90. The van der Waals surface area contributed by atoms with Crippen LogP contribution in [0.25, 0.3) is 0 Å². The standard InChI is InChI=1S/C15H23NO2S/c1-10(2)12-5-7-13(8-6-12)19-9-14(15(17)18)16-11(3)4/h5-8,10-11,14,16H,9H2,1-4H3,(H,17,18). The lowest BCUT2D eigenvalue weighted by molar-refractivity contribution is -0.139. The molecule has 106 valence electrons. The van der Waals surface area contributed by atoms with Gasteiger partial charge in [0.25, 0.3) is 0 Å². The van der Waals surface area contributed by atoms with Gasteiger partial charge in [0.15, 0.2) is 0 Å². The van der Waals surface area contributed by atoms with Gasteiger partial charge in [-0.2, -0.15) is 0 Å². The molecule has 1 rings (SSSR count). The molecule has 4 heteroatoms. The van der Waals surface area contributed by atoms with Gasteiger partial charge in [0.1, 0.15) is 6.04 Å². The van der Waals surface area contributed by atoms with Crippen molar-refractivity contribution in [2.24, 2.45) is 0 Å². The lowest BCUT2D eigenvalue weighted by Crippen LogP contribution is -2.42. The van der Waals surface area contributed by atoms with Gasteiger partial charge in [0.05, 0.1) is 0 Å². The minimum absolute atomic E-state index is 0.171. The Morgan fingerprint density at radius 1 is 1.21 bits per heavy atom. The Kier molecular flexibility index (Phi) is 6.38. The Balaban J connectivity index is 2.56. The molecule has 1 aromatic carbocycles. The topological polar surface area (TPSA) is 49.3 Å². The highest BCUT2D eigenvalue weighted by atomic mass is 32.2. The van der Waals surface area contributed by atoms with Crippen LogP contribution in [-0.4, -0.2) is 28.9 Å². The fraction of sp³-hybridized carbons (Fsp3) is 0.533. The molecule has 0 aliphatic heterocycles. The van der Waals surface area contributed by atoms with E-state index in [9.17, 15) is 4.79 Å². The molecule has 0 aliphatic carbocycles. The van der Waals surface area contributed by atoms with Crippen LogP contribution in [0.15, 0.2) is 29.2 Å². The first-order valence-electron chi connectivity index (χ1n) is 6.61. The van der Waals surface area contributed by atoms with Gasteiger partial charge in [-0.1, -0.05) is 39.8 Å². The number of hydrogen-bond acceptors (Lipinski definition) is 3. The highest BCUT2D eigenvalue weighted by molar-refractivity contribution is 7.99. The predicted molar refractivity (Wildman–Crippen MR) is 81.0 cm³/mol. The highest BCUT2D eigenvalue weighted by Gasteiger charge is 2.18. The van der Waals surface area contributed by atoms with E-state index in [2.05, 4.69) is 43.4 Å². The number of nitrogens with one attached hydrogen (secondary N) is 1. The van der Waals surface area contributed by atoms with Gasteiger partial charge in [-0.25, -0.2) is 0 Å². The zero-order valence-electron chi connectivity index (χ0n) is 12.0.